The molecule has 2 aromatic rings. The van der Waals surface area contributed by atoms with Gasteiger partial charge in [-0.25, -0.2) is 0 Å². The highest BCUT2D eigenvalue weighted by Crippen LogP contribution is 2.44. The van der Waals surface area contributed by atoms with Crippen molar-refractivity contribution in [2.24, 2.45) is 11.5 Å². The number of aliphatic carboxylic acids is 1. The standard InChI is InChI=1S/C27H37N3O4/c1-2-3-4-9-15-27(29,18-30-16-14-24(28)25(31)32)26(33)34-17-23-21-12-7-5-10-19(21)20-11-6-8-13-22(20)23/h5-8,10-13,23-24,30H,2-4,9,14-18,28-29H2,1H3,(H,31,32). The molecule has 7 nitrogen and oxygen atoms in total. The van der Waals surface area contributed by atoms with Crippen LogP contribution in [0.5, 0.6) is 0 Å². The Hall–Kier alpha value is -2.74. The molecule has 6 N–H and O–H groups in total. The summed E-state index contributed by atoms with van der Waals surface area (Å²) in [7, 11) is 0. The van der Waals surface area contributed by atoms with E-state index in [9.17, 15) is 9.59 Å². The molecule has 1 aliphatic rings. The summed E-state index contributed by atoms with van der Waals surface area (Å²) in [5.41, 5.74) is 15.6. The van der Waals surface area contributed by atoms with Crippen LogP contribution in [0.25, 0.3) is 11.1 Å². The molecule has 3 rings (SSSR count). The van der Waals surface area contributed by atoms with Crippen LogP contribution >= 0.6 is 0 Å². The van der Waals surface area contributed by atoms with Gasteiger partial charge >= 0.3 is 11.9 Å². The Labute approximate surface area is 201 Å². The zero-order valence-electron chi connectivity index (χ0n) is 20.0. The molecule has 0 bridgehead atoms. The van der Waals surface area contributed by atoms with Gasteiger partial charge in [0.15, 0.2) is 0 Å². The number of benzene rings is 2. The third-order valence-corrected chi connectivity index (χ3v) is 6.62. The van der Waals surface area contributed by atoms with Gasteiger partial charge in [-0.2, -0.15) is 0 Å². The van der Waals surface area contributed by atoms with Crippen LogP contribution in [0, 0.1) is 0 Å². The maximum absolute atomic E-state index is 13.2. The van der Waals surface area contributed by atoms with Crippen LogP contribution in [0.3, 0.4) is 0 Å². The van der Waals surface area contributed by atoms with Crippen molar-refractivity contribution < 1.29 is 19.4 Å². The number of nitrogens with one attached hydrogen (secondary N) is 1. The topological polar surface area (TPSA) is 128 Å². The molecular formula is C27H37N3O4. The number of esters is 1. The van der Waals surface area contributed by atoms with Gasteiger partial charge in [-0.15, -0.1) is 0 Å². The van der Waals surface area contributed by atoms with E-state index in [2.05, 4.69) is 36.5 Å². The van der Waals surface area contributed by atoms with Gasteiger partial charge in [0.2, 0.25) is 0 Å². The summed E-state index contributed by atoms with van der Waals surface area (Å²) in [4.78, 5) is 24.2. The van der Waals surface area contributed by atoms with E-state index in [0.29, 0.717) is 13.0 Å². The van der Waals surface area contributed by atoms with Crippen molar-refractivity contribution in [2.45, 2.75) is 62.9 Å². The van der Waals surface area contributed by atoms with Gasteiger partial charge in [-0.05, 0) is 41.6 Å². The molecule has 184 valence electrons. The number of carboxylic acid groups (broad SMARTS) is 1. The van der Waals surface area contributed by atoms with Gasteiger partial charge in [0, 0.05) is 12.5 Å². The van der Waals surface area contributed by atoms with E-state index < -0.39 is 23.5 Å². The molecule has 0 radical (unpaired) electrons. The van der Waals surface area contributed by atoms with Crippen molar-refractivity contribution in [2.75, 3.05) is 19.7 Å². The van der Waals surface area contributed by atoms with Gasteiger partial charge in [0.1, 0.15) is 18.2 Å². The SMILES string of the molecule is CCCCCCC(N)(CNCCC(N)C(=O)O)C(=O)OCC1c2ccccc2-c2ccccc21. The Morgan fingerprint density at radius 1 is 1.06 bits per heavy atom. The predicted molar refractivity (Wildman–Crippen MR) is 133 cm³/mol. The van der Waals surface area contributed by atoms with Crippen LogP contribution in [0.1, 0.15) is 62.5 Å². The summed E-state index contributed by atoms with van der Waals surface area (Å²) in [6.07, 6.45) is 4.75. The second kappa shape index (κ2) is 12.1. The lowest BCUT2D eigenvalue weighted by atomic mass is 9.92. The average molecular weight is 468 g/mol. The van der Waals surface area contributed by atoms with E-state index in [1.165, 1.54) is 11.1 Å². The second-order valence-electron chi connectivity index (χ2n) is 9.20. The van der Waals surface area contributed by atoms with Gasteiger partial charge in [-0.1, -0.05) is 81.1 Å². The summed E-state index contributed by atoms with van der Waals surface area (Å²) in [5.74, 6) is -1.50. The Morgan fingerprint density at radius 2 is 1.68 bits per heavy atom. The molecule has 2 atom stereocenters. The first-order valence-corrected chi connectivity index (χ1v) is 12.2. The number of carboxylic acids is 1. The van der Waals surface area contributed by atoms with E-state index in [1.54, 1.807) is 0 Å². The second-order valence-corrected chi connectivity index (χ2v) is 9.20. The number of ether oxygens (including phenoxy) is 1. The van der Waals surface area contributed by atoms with Crippen molar-refractivity contribution >= 4 is 11.9 Å². The maximum Gasteiger partial charge on any atom is 0.327 e. The summed E-state index contributed by atoms with van der Waals surface area (Å²) >= 11 is 0. The largest absolute Gasteiger partial charge is 0.480 e. The van der Waals surface area contributed by atoms with E-state index in [0.717, 1.165) is 36.8 Å². The first-order valence-electron chi connectivity index (χ1n) is 12.2. The molecule has 34 heavy (non-hydrogen) atoms. The minimum Gasteiger partial charge on any atom is -0.480 e. The maximum atomic E-state index is 13.2. The molecule has 7 heteroatoms. The summed E-state index contributed by atoms with van der Waals surface area (Å²) < 4.78 is 5.86. The summed E-state index contributed by atoms with van der Waals surface area (Å²) in [6, 6.07) is 15.5. The average Bonchev–Trinajstić information content (AvgIpc) is 3.16. The molecule has 0 fully saturated rings. The molecule has 2 unspecified atom stereocenters. The van der Waals surface area contributed by atoms with Crippen LogP contribution in [-0.4, -0.2) is 48.3 Å². The third kappa shape index (κ3) is 6.23. The molecule has 0 spiro atoms. The molecule has 1 aliphatic carbocycles. The monoisotopic (exact) mass is 467 g/mol. The fourth-order valence-corrected chi connectivity index (χ4v) is 4.56. The van der Waals surface area contributed by atoms with E-state index in [-0.39, 0.29) is 25.5 Å². The van der Waals surface area contributed by atoms with E-state index in [4.69, 9.17) is 21.3 Å². The molecule has 0 aliphatic heterocycles. The smallest absolute Gasteiger partial charge is 0.327 e. The number of nitrogens with two attached hydrogens (primary N) is 2. The number of carbonyl (C=O) groups is 2. The summed E-state index contributed by atoms with van der Waals surface area (Å²) in [6.45, 7) is 2.93. The lowest BCUT2D eigenvalue weighted by molar-refractivity contribution is -0.150. The predicted octanol–water partition coefficient (Wildman–Crippen LogP) is 3.40. The van der Waals surface area contributed by atoms with Crippen molar-refractivity contribution in [1.29, 1.82) is 0 Å². The van der Waals surface area contributed by atoms with Crippen LogP contribution in [-0.2, 0) is 14.3 Å². The van der Waals surface area contributed by atoms with Crippen LogP contribution in [0.2, 0.25) is 0 Å². The Balaban J connectivity index is 1.65. The number of rotatable bonds is 14. The highest BCUT2D eigenvalue weighted by molar-refractivity contribution is 5.82. The van der Waals surface area contributed by atoms with Crippen LogP contribution in [0.15, 0.2) is 48.5 Å². The van der Waals surface area contributed by atoms with Crippen molar-refractivity contribution in [3.63, 3.8) is 0 Å². The molecule has 0 amide bonds. The van der Waals surface area contributed by atoms with Gasteiger partial charge < -0.3 is 26.6 Å². The fourth-order valence-electron chi connectivity index (χ4n) is 4.56. The molecule has 0 saturated carbocycles. The number of hydrogen-bond donors (Lipinski definition) is 4. The molecule has 0 heterocycles. The van der Waals surface area contributed by atoms with Gasteiger partial charge in [0.05, 0.1) is 0 Å². The first-order chi connectivity index (χ1) is 16.4. The van der Waals surface area contributed by atoms with Crippen LogP contribution < -0.4 is 16.8 Å². The Kier molecular flexibility index (Phi) is 9.21. The first kappa shape index (κ1) is 25.9. The quantitative estimate of drug-likeness (QED) is 0.248. The number of carbonyl (C=O) groups excluding carboxylic acids is 1. The lowest BCUT2D eigenvalue weighted by Crippen LogP contribution is -2.56. The molecule has 0 saturated heterocycles. The van der Waals surface area contributed by atoms with Crippen LogP contribution in [0.4, 0.5) is 0 Å². The van der Waals surface area contributed by atoms with E-state index >= 15 is 0 Å². The van der Waals surface area contributed by atoms with E-state index in [1.807, 2.05) is 24.3 Å². The fraction of sp³-hybridized carbons (Fsp3) is 0.481. The highest BCUT2D eigenvalue weighted by Gasteiger charge is 2.37. The zero-order chi connectivity index (χ0) is 24.6. The number of fused-ring (bicyclic) bond motifs is 3. The van der Waals surface area contributed by atoms with Gasteiger partial charge in [-0.3, -0.25) is 9.59 Å². The minimum absolute atomic E-state index is 0.0257. The highest BCUT2D eigenvalue weighted by atomic mass is 16.5. The minimum atomic E-state index is -1.18. The van der Waals surface area contributed by atoms with Crippen molar-refractivity contribution in [1.82, 2.24) is 5.32 Å². The molecule has 0 aromatic heterocycles. The number of unbranched alkanes of at least 4 members (excludes halogenated alkanes) is 3. The molecular weight excluding hydrogens is 430 g/mol. The Morgan fingerprint density at radius 3 is 2.26 bits per heavy atom. The zero-order valence-corrected chi connectivity index (χ0v) is 20.0. The Bertz CT molecular complexity index is 934. The van der Waals surface area contributed by atoms with Crippen molar-refractivity contribution in [3.8, 4) is 11.1 Å². The summed E-state index contributed by atoms with van der Waals surface area (Å²) in [5, 5.41) is 12.1. The van der Waals surface area contributed by atoms with Crippen molar-refractivity contribution in [3.05, 3.63) is 59.7 Å². The number of hydrogen-bond acceptors (Lipinski definition) is 6. The normalized spacial score (nSPS) is 15.3. The molecule has 2 aromatic carbocycles. The van der Waals surface area contributed by atoms with Gasteiger partial charge in [0.25, 0.3) is 0 Å². The lowest BCUT2D eigenvalue weighted by Gasteiger charge is -2.29. The third-order valence-electron chi connectivity index (χ3n) is 6.62.